The van der Waals surface area contributed by atoms with E-state index in [9.17, 15) is 0 Å². The van der Waals surface area contributed by atoms with Crippen molar-refractivity contribution >= 4 is 23.5 Å². The van der Waals surface area contributed by atoms with E-state index in [2.05, 4.69) is 72.8 Å². The fraction of sp³-hybridized carbons (Fsp3) is 0.217. The summed E-state index contributed by atoms with van der Waals surface area (Å²) in [6.45, 7) is 1.13. The third-order valence-electron chi connectivity index (χ3n) is 4.35. The topological polar surface area (TPSA) is 18.5 Å². The second-order valence-corrected chi connectivity index (χ2v) is 8.84. The summed E-state index contributed by atoms with van der Waals surface area (Å²) in [5.41, 5.74) is 4.98. The lowest BCUT2D eigenvalue weighted by Gasteiger charge is -2.11. The zero-order valence-corrected chi connectivity index (χ0v) is 16.7. The molecule has 2 nitrogen and oxygen atoms in total. The summed E-state index contributed by atoms with van der Waals surface area (Å²) in [6, 6.07) is 25.3. The highest BCUT2D eigenvalue weighted by molar-refractivity contribution is 8.15. The molecule has 0 atom stereocenters. The number of benzene rings is 3. The molecule has 138 valence electrons. The van der Waals surface area contributed by atoms with Crippen molar-refractivity contribution in [2.75, 3.05) is 5.08 Å². The first kappa shape index (κ1) is 18.3. The molecule has 4 aliphatic rings. The average molecular weight is 395 g/mol. The van der Waals surface area contributed by atoms with E-state index in [1.165, 1.54) is 11.1 Å². The lowest BCUT2D eigenvalue weighted by Crippen LogP contribution is -1.99. The van der Waals surface area contributed by atoms with Gasteiger partial charge in [0, 0.05) is 16.6 Å². The van der Waals surface area contributed by atoms with Gasteiger partial charge in [-0.1, -0.05) is 42.5 Å². The van der Waals surface area contributed by atoms with Crippen molar-refractivity contribution in [2.45, 2.75) is 24.7 Å². The minimum atomic E-state index is 0.563. The second-order valence-electron chi connectivity index (χ2n) is 6.50. The van der Waals surface area contributed by atoms with E-state index in [4.69, 9.17) is 9.47 Å². The molecule has 0 aliphatic carbocycles. The van der Waals surface area contributed by atoms with Gasteiger partial charge in [0.05, 0.1) is 0 Å². The highest BCUT2D eigenvalue weighted by Gasteiger charge is 2.03. The van der Waals surface area contributed by atoms with Crippen LogP contribution < -0.4 is 9.47 Å². The Bertz CT molecular complexity index is 792. The van der Waals surface area contributed by atoms with Gasteiger partial charge in [0.15, 0.2) is 0 Å². The van der Waals surface area contributed by atoms with Gasteiger partial charge in [-0.25, -0.2) is 0 Å². The Kier molecular flexibility index (Phi) is 6.28. The Morgan fingerprint density at radius 3 is 1.52 bits per heavy atom. The maximum atomic E-state index is 5.95. The van der Waals surface area contributed by atoms with Crippen LogP contribution in [0.3, 0.4) is 0 Å². The standard InChI is InChI=1S/C23H22O2S2/c1-2-20-12-21(3-1)14-25-23-10-6-19(7-11-23)16-27-17-26-15-18-4-8-22(9-5-18)24-13-20/h1-12H,13-17H2. The van der Waals surface area contributed by atoms with Gasteiger partial charge < -0.3 is 9.47 Å². The fourth-order valence-electron chi connectivity index (χ4n) is 2.88. The zero-order valence-electron chi connectivity index (χ0n) is 15.1. The van der Waals surface area contributed by atoms with E-state index in [1.54, 1.807) is 0 Å². The Labute approximate surface area is 169 Å². The molecule has 7 rings (SSSR count). The molecule has 0 saturated heterocycles. The lowest BCUT2D eigenvalue weighted by molar-refractivity contribution is 0.300. The van der Waals surface area contributed by atoms with Crippen molar-refractivity contribution < 1.29 is 9.47 Å². The predicted octanol–water partition coefficient (Wildman–Crippen LogP) is 6.28. The first-order chi connectivity index (χ1) is 13.3. The number of hydrogen-bond acceptors (Lipinski definition) is 4. The molecule has 27 heavy (non-hydrogen) atoms. The predicted molar refractivity (Wildman–Crippen MR) is 115 cm³/mol. The Hall–Kier alpha value is -2.04. The van der Waals surface area contributed by atoms with Crippen LogP contribution in [0.25, 0.3) is 0 Å². The smallest absolute Gasteiger partial charge is 0.119 e. The maximum Gasteiger partial charge on any atom is 0.119 e. The molecular weight excluding hydrogens is 372 g/mol. The molecule has 3 aromatic carbocycles. The molecule has 3 aromatic rings. The van der Waals surface area contributed by atoms with Crippen molar-refractivity contribution in [3.8, 4) is 11.5 Å². The van der Waals surface area contributed by atoms with Crippen LogP contribution in [0.1, 0.15) is 22.3 Å². The first-order valence-electron chi connectivity index (χ1n) is 9.02. The summed E-state index contributed by atoms with van der Waals surface area (Å²) in [5.74, 6) is 3.88. The van der Waals surface area contributed by atoms with Gasteiger partial charge in [-0.2, -0.15) is 0 Å². The van der Waals surface area contributed by atoms with Gasteiger partial charge in [0.1, 0.15) is 24.7 Å². The molecule has 0 radical (unpaired) electrons. The minimum absolute atomic E-state index is 0.563. The second kappa shape index (κ2) is 9.25. The van der Waals surface area contributed by atoms with Gasteiger partial charge >= 0.3 is 0 Å². The molecule has 0 aromatic heterocycles. The van der Waals surface area contributed by atoms with Crippen LogP contribution in [-0.2, 0) is 24.7 Å². The number of thioether (sulfide) groups is 2. The van der Waals surface area contributed by atoms with Gasteiger partial charge in [-0.15, -0.1) is 23.5 Å². The van der Waals surface area contributed by atoms with E-state index in [0.29, 0.717) is 13.2 Å². The van der Waals surface area contributed by atoms with Crippen molar-refractivity contribution in [1.82, 2.24) is 0 Å². The first-order valence-corrected chi connectivity index (χ1v) is 11.3. The van der Waals surface area contributed by atoms with E-state index >= 15 is 0 Å². The van der Waals surface area contributed by atoms with Crippen LogP contribution in [0.5, 0.6) is 11.5 Å². The molecule has 4 aliphatic heterocycles. The van der Waals surface area contributed by atoms with Crippen LogP contribution in [0.4, 0.5) is 0 Å². The Morgan fingerprint density at radius 1 is 0.556 bits per heavy atom. The van der Waals surface area contributed by atoms with Crippen LogP contribution in [-0.4, -0.2) is 5.08 Å². The number of rotatable bonds is 0. The Balaban J connectivity index is 1.51. The average Bonchev–Trinajstić information content (AvgIpc) is 2.72. The SMILES string of the molecule is c1cc2cc(c1)COc1ccc(cc1)CSCSCc1ccc(cc1)OC2. The van der Waals surface area contributed by atoms with Gasteiger partial charge in [-0.3, -0.25) is 0 Å². The molecule has 0 amide bonds. The molecular formula is C23H22O2S2. The largest absolute Gasteiger partial charge is 0.489 e. The molecule has 0 unspecified atom stereocenters. The van der Waals surface area contributed by atoms with Crippen LogP contribution in [0, 0.1) is 0 Å². The molecule has 0 saturated carbocycles. The highest BCUT2D eigenvalue weighted by atomic mass is 32.2. The zero-order chi connectivity index (χ0) is 18.3. The molecule has 4 heterocycles. The molecule has 0 N–H and O–H groups in total. The third kappa shape index (κ3) is 5.47. The van der Waals surface area contributed by atoms with Crippen LogP contribution in [0.2, 0.25) is 0 Å². The monoisotopic (exact) mass is 394 g/mol. The Morgan fingerprint density at radius 2 is 1.04 bits per heavy atom. The number of hydrogen-bond donors (Lipinski definition) is 0. The van der Waals surface area contributed by atoms with Crippen molar-refractivity contribution in [2.24, 2.45) is 0 Å². The molecule has 0 fully saturated rings. The van der Waals surface area contributed by atoms with Gasteiger partial charge in [0.25, 0.3) is 0 Å². The summed E-state index contributed by atoms with van der Waals surface area (Å²) < 4.78 is 11.9. The third-order valence-corrected chi connectivity index (χ3v) is 6.76. The molecule has 0 spiro atoms. The quantitative estimate of drug-likeness (QED) is 0.446. The van der Waals surface area contributed by atoms with E-state index < -0.39 is 0 Å². The van der Waals surface area contributed by atoms with Crippen molar-refractivity contribution in [3.63, 3.8) is 0 Å². The number of ether oxygens (including phenoxy) is 2. The fourth-order valence-corrected chi connectivity index (χ4v) is 4.88. The van der Waals surface area contributed by atoms with Gasteiger partial charge in [-0.05, 0) is 52.6 Å². The summed E-state index contributed by atoms with van der Waals surface area (Å²) in [4.78, 5) is 0. The van der Waals surface area contributed by atoms with E-state index in [1.807, 2.05) is 23.5 Å². The summed E-state index contributed by atoms with van der Waals surface area (Å²) in [7, 11) is 0. The lowest BCUT2D eigenvalue weighted by atomic mass is 10.1. The minimum Gasteiger partial charge on any atom is -0.489 e. The summed E-state index contributed by atoms with van der Waals surface area (Å²) in [6.07, 6.45) is 0. The van der Waals surface area contributed by atoms with Crippen LogP contribution >= 0.6 is 23.5 Å². The maximum absolute atomic E-state index is 5.95. The van der Waals surface area contributed by atoms with Crippen molar-refractivity contribution in [3.05, 3.63) is 95.1 Å². The molecule has 4 heteroatoms. The van der Waals surface area contributed by atoms with E-state index in [0.717, 1.165) is 39.2 Å². The normalized spacial score (nSPS) is 15.0. The summed E-state index contributed by atoms with van der Waals surface area (Å²) >= 11 is 3.91. The highest BCUT2D eigenvalue weighted by Crippen LogP contribution is 2.24. The summed E-state index contributed by atoms with van der Waals surface area (Å²) in [5, 5.41) is 1.09. The molecule has 6 bridgehead atoms. The van der Waals surface area contributed by atoms with Crippen molar-refractivity contribution in [1.29, 1.82) is 0 Å². The van der Waals surface area contributed by atoms with E-state index in [-0.39, 0.29) is 0 Å². The van der Waals surface area contributed by atoms with Gasteiger partial charge in [0.2, 0.25) is 0 Å². The van der Waals surface area contributed by atoms with Crippen LogP contribution in [0.15, 0.2) is 72.8 Å².